The number of carboxylic acids is 1. The number of phenolic OH excluding ortho intramolecular Hbond substituents is 1. The van der Waals surface area contributed by atoms with Gasteiger partial charge in [-0.05, 0) is 42.1 Å². The zero-order valence-corrected chi connectivity index (χ0v) is 16.5. The minimum absolute atomic E-state index is 0.0198. The Labute approximate surface area is 175 Å². The molecule has 11 heteroatoms. The van der Waals surface area contributed by atoms with Crippen LogP contribution in [0.3, 0.4) is 0 Å². The van der Waals surface area contributed by atoms with Gasteiger partial charge in [-0.2, -0.15) is 9.97 Å². The number of H-pyrrole nitrogens is 1. The number of nitrogens with one attached hydrogen (secondary N) is 2. The fourth-order valence-electron chi connectivity index (χ4n) is 3.23. The molecule has 2 heterocycles. The molecule has 2 aromatic heterocycles. The Morgan fingerprint density at radius 3 is 2.67 bits per heavy atom. The van der Waals surface area contributed by atoms with Crippen LogP contribution in [-0.4, -0.2) is 60.7 Å². The molecule has 0 spiro atoms. The Bertz CT molecular complexity index is 1080. The summed E-state index contributed by atoms with van der Waals surface area (Å²) in [6, 6.07) is 5.17. The van der Waals surface area contributed by atoms with E-state index < -0.39 is 17.9 Å². The van der Waals surface area contributed by atoms with Crippen LogP contribution in [0.1, 0.15) is 18.4 Å². The number of anilines is 1. The minimum atomic E-state index is -1.14. The molecule has 0 aliphatic heterocycles. The number of aliphatic carboxylic acids is 1. The monoisotopic (exact) mass is 430 g/mol. The lowest BCUT2D eigenvalue weighted by molar-refractivity contribution is -0.141. The summed E-state index contributed by atoms with van der Waals surface area (Å²) in [6.07, 6.45) is 3.35. The van der Waals surface area contributed by atoms with Crippen LogP contribution in [-0.2, 0) is 16.0 Å². The zero-order chi connectivity index (χ0) is 21.3. The number of aromatic nitrogens is 4. The van der Waals surface area contributed by atoms with Gasteiger partial charge < -0.3 is 25.4 Å². The van der Waals surface area contributed by atoms with Crippen molar-refractivity contribution in [3.05, 3.63) is 41.4 Å². The highest BCUT2D eigenvalue weighted by atomic mass is 35.5. The number of hydrogen-bond acceptors (Lipinski definition) is 7. The molecule has 1 atom stereocenters. The van der Waals surface area contributed by atoms with Crippen LogP contribution < -0.4 is 10.2 Å². The second-order valence-corrected chi connectivity index (χ2v) is 7.44. The van der Waals surface area contributed by atoms with E-state index in [9.17, 15) is 19.8 Å². The molecule has 0 saturated heterocycles. The van der Waals surface area contributed by atoms with Crippen LogP contribution >= 0.6 is 11.6 Å². The third kappa shape index (κ3) is 4.43. The number of rotatable bonds is 8. The molecule has 156 valence electrons. The van der Waals surface area contributed by atoms with Crippen LogP contribution in [0, 0.1) is 0 Å². The number of amides is 1. The quantitative estimate of drug-likeness (QED) is 0.393. The molecule has 0 unspecified atom stereocenters. The molecule has 1 aliphatic carbocycles. The van der Waals surface area contributed by atoms with Gasteiger partial charge in [-0.3, -0.25) is 4.79 Å². The van der Waals surface area contributed by atoms with Gasteiger partial charge in [0.15, 0.2) is 11.5 Å². The van der Waals surface area contributed by atoms with Crippen molar-refractivity contribution in [3.8, 4) is 5.75 Å². The van der Waals surface area contributed by atoms with Gasteiger partial charge in [0.05, 0.1) is 12.9 Å². The first-order valence-corrected chi connectivity index (χ1v) is 9.72. The lowest BCUT2D eigenvalue weighted by atomic mass is 10.1. The van der Waals surface area contributed by atoms with Gasteiger partial charge in [-0.25, -0.2) is 9.78 Å². The summed E-state index contributed by atoms with van der Waals surface area (Å²) in [5.74, 6) is -1.04. The van der Waals surface area contributed by atoms with E-state index in [-0.39, 0.29) is 30.0 Å². The van der Waals surface area contributed by atoms with Crippen molar-refractivity contribution in [1.29, 1.82) is 0 Å². The second-order valence-electron chi connectivity index (χ2n) is 7.11. The van der Waals surface area contributed by atoms with E-state index in [0.29, 0.717) is 22.5 Å². The van der Waals surface area contributed by atoms with E-state index in [0.717, 1.165) is 12.8 Å². The average Bonchev–Trinajstić information content (AvgIpc) is 3.44. The summed E-state index contributed by atoms with van der Waals surface area (Å²) in [5, 5.41) is 21.5. The topological polar surface area (TPSA) is 144 Å². The van der Waals surface area contributed by atoms with Gasteiger partial charge >= 0.3 is 5.97 Å². The van der Waals surface area contributed by atoms with E-state index in [4.69, 9.17) is 11.6 Å². The van der Waals surface area contributed by atoms with Gasteiger partial charge in [0.25, 0.3) is 0 Å². The SMILES string of the molecule is O=C(CN(c1nc(Cl)nc2nc[nH]c12)C1CC1)N[C@@H](Cc1ccc(O)cc1)C(=O)O. The van der Waals surface area contributed by atoms with Crippen molar-refractivity contribution in [3.63, 3.8) is 0 Å². The Kier molecular flexibility index (Phi) is 5.40. The normalized spacial score (nSPS) is 14.4. The first-order chi connectivity index (χ1) is 14.4. The summed E-state index contributed by atoms with van der Waals surface area (Å²) in [4.78, 5) is 41.6. The molecule has 1 saturated carbocycles. The highest BCUT2D eigenvalue weighted by molar-refractivity contribution is 6.28. The van der Waals surface area contributed by atoms with Crippen molar-refractivity contribution in [1.82, 2.24) is 25.3 Å². The van der Waals surface area contributed by atoms with Crippen LogP contribution in [0.15, 0.2) is 30.6 Å². The van der Waals surface area contributed by atoms with Crippen molar-refractivity contribution in [2.45, 2.75) is 31.3 Å². The molecule has 4 rings (SSSR count). The molecular weight excluding hydrogens is 412 g/mol. The highest BCUT2D eigenvalue weighted by Crippen LogP contribution is 2.33. The van der Waals surface area contributed by atoms with E-state index in [2.05, 4.69) is 25.3 Å². The summed E-state index contributed by atoms with van der Waals surface area (Å²) in [7, 11) is 0. The largest absolute Gasteiger partial charge is 0.508 e. The summed E-state index contributed by atoms with van der Waals surface area (Å²) in [5.41, 5.74) is 1.64. The Hall–Kier alpha value is -3.40. The minimum Gasteiger partial charge on any atom is -0.508 e. The molecule has 4 N–H and O–H groups in total. The number of carbonyl (C=O) groups is 2. The average molecular weight is 431 g/mol. The number of carbonyl (C=O) groups excluding carboxylic acids is 1. The summed E-state index contributed by atoms with van der Waals surface area (Å²) >= 11 is 6.01. The Balaban J connectivity index is 1.50. The number of benzene rings is 1. The molecule has 3 aromatic rings. The van der Waals surface area contributed by atoms with Crippen LogP contribution in [0.5, 0.6) is 5.75 Å². The van der Waals surface area contributed by atoms with E-state index in [1.54, 1.807) is 17.0 Å². The number of carboxylic acid groups (broad SMARTS) is 1. The maximum atomic E-state index is 12.7. The van der Waals surface area contributed by atoms with Crippen LogP contribution in [0.4, 0.5) is 5.82 Å². The van der Waals surface area contributed by atoms with Gasteiger partial charge in [0, 0.05) is 12.5 Å². The maximum Gasteiger partial charge on any atom is 0.326 e. The number of aromatic amines is 1. The van der Waals surface area contributed by atoms with Crippen molar-refractivity contribution < 1.29 is 19.8 Å². The molecule has 1 aromatic carbocycles. The predicted molar refractivity (Wildman–Crippen MR) is 108 cm³/mol. The predicted octanol–water partition coefficient (Wildman–Crippen LogP) is 1.49. The smallest absolute Gasteiger partial charge is 0.326 e. The van der Waals surface area contributed by atoms with Gasteiger partial charge in [0.2, 0.25) is 11.2 Å². The number of nitrogens with zero attached hydrogens (tertiary/aromatic N) is 4. The van der Waals surface area contributed by atoms with Crippen LogP contribution in [0.25, 0.3) is 11.2 Å². The first kappa shape index (κ1) is 19.9. The van der Waals surface area contributed by atoms with E-state index in [1.165, 1.54) is 18.5 Å². The second kappa shape index (κ2) is 8.15. The lowest BCUT2D eigenvalue weighted by Crippen LogP contribution is -2.47. The molecule has 0 radical (unpaired) electrons. The molecule has 10 nitrogen and oxygen atoms in total. The molecule has 1 fully saturated rings. The Morgan fingerprint density at radius 1 is 1.27 bits per heavy atom. The fraction of sp³-hybridized carbons (Fsp3) is 0.316. The molecule has 1 aliphatic rings. The number of hydrogen-bond donors (Lipinski definition) is 4. The number of halogens is 1. The third-order valence-corrected chi connectivity index (χ3v) is 4.99. The van der Waals surface area contributed by atoms with Gasteiger partial charge in [-0.1, -0.05) is 12.1 Å². The van der Waals surface area contributed by atoms with Crippen molar-refractivity contribution >= 4 is 40.5 Å². The van der Waals surface area contributed by atoms with Gasteiger partial charge in [0.1, 0.15) is 17.3 Å². The molecule has 1 amide bonds. The molecular formula is C19H19ClN6O4. The van der Waals surface area contributed by atoms with Crippen molar-refractivity contribution in [2.24, 2.45) is 0 Å². The standard InChI is InChI=1S/C19H19ClN6O4/c20-19-24-16-15(21-9-22-16)17(25-19)26(11-3-4-11)8-14(28)23-13(18(29)30)7-10-1-5-12(27)6-2-10/h1-2,5-6,9,11,13,27H,3-4,7-8H2,(H,23,28)(H,29,30)(H,21,22,24,25)/t13-/m0/s1. The van der Waals surface area contributed by atoms with E-state index in [1.807, 2.05) is 0 Å². The number of aromatic hydroxyl groups is 1. The third-order valence-electron chi connectivity index (χ3n) is 4.82. The summed E-state index contributed by atoms with van der Waals surface area (Å²) in [6.45, 7) is -0.0779. The number of imidazole rings is 1. The zero-order valence-electron chi connectivity index (χ0n) is 15.7. The molecule has 0 bridgehead atoms. The van der Waals surface area contributed by atoms with Crippen molar-refractivity contribution in [2.75, 3.05) is 11.4 Å². The molecule has 30 heavy (non-hydrogen) atoms. The fourth-order valence-corrected chi connectivity index (χ4v) is 3.39. The van der Waals surface area contributed by atoms with Gasteiger partial charge in [-0.15, -0.1) is 0 Å². The maximum absolute atomic E-state index is 12.7. The van der Waals surface area contributed by atoms with E-state index >= 15 is 0 Å². The number of phenols is 1. The van der Waals surface area contributed by atoms with Crippen LogP contribution in [0.2, 0.25) is 5.28 Å². The summed E-state index contributed by atoms with van der Waals surface area (Å²) < 4.78 is 0. The lowest BCUT2D eigenvalue weighted by Gasteiger charge is -2.24. The Morgan fingerprint density at radius 2 is 2.00 bits per heavy atom. The highest BCUT2D eigenvalue weighted by Gasteiger charge is 2.34. The number of fused-ring (bicyclic) bond motifs is 1. The first-order valence-electron chi connectivity index (χ1n) is 9.34.